The van der Waals surface area contributed by atoms with Gasteiger partial charge in [-0.15, -0.1) is 0 Å². The van der Waals surface area contributed by atoms with E-state index in [9.17, 15) is 4.79 Å². The Hall–Kier alpha value is -0.610. The minimum absolute atomic E-state index is 0.0920. The zero-order chi connectivity index (χ0) is 8.27. The van der Waals surface area contributed by atoms with Crippen molar-refractivity contribution in [2.24, 2.45) is 0 Å². The lowest BCUT2D eigenvalue weighted by Gasteiger charge is -2.15. The van der Waals surface area contributed by atoms with Crippen LogP contribution in [0.1, 0.15) is 12.8 Å². The van der Waals surface area contributed by atoms with Crippen LogP contribution in [0.4, 0.5) is 0 Å². The Morgan fingerprint density at radius 3 is 2.82 bits per heavy atom. The lowest BCUT2D eigenvalue weighted by molar-refractivity contribution is -0.131. The third-order valence-corrected chi connectivity index (χ3v) is 1.86. The van der Waals surface area contributed by atoms with Crippen LogP contribution < -0.4 is 5.48 Å². The fourth-order valence-corrected chi connectivity index (χ4v) is 0.924. The number of carbonyl (C=O) groups excluding carboxylic acids is 1. The van der Waals surface area contributed by atoms with Gasteiger partial charge in [-0.25, -0.2) is 0 Å². The van der Waals surface area contributed by atoms with Crippen molar-refractivity contribution in [3.63, 3.8) is 0 Å². The maximum Gasteiger partial charge on any atom is 0.238 e. The molecule has 4 nitrogen and oxygen atoms in total. The largest absolute Gasteiger partial charge is 0.342 e. The SMILES string of the molecule is CONCC(=O)N(C)C1CC1. The smallest absolute Gasteiger partial charge is 0.238 e. The molecule has 4 heteroatoms. The highest BCUT2D eigenvalue weighted by atomic mass is 16.6. The summed E-state index contributed by atoms with van der Waals surface area (Å²) in [5.41, 5.74) is 2.52. The van der Waals surface area contributed by atoms with E-state index in [1.165, 1.54) is 7.11 Å². The molecule has 1 rings (SSSR count). The lowest BCUT2D eigenvalue weighted by atomic mass is 10.5. The Balaban J connectivity index is 2.16. The normalized spacial score (nSPS) is 16.5. The number of amides is 1. The molecule has 1 saturated carbocycles. The second-order valence-corrected chi connectivity index (χ2v) is 2.76. The van der Waals surface area contributed by atoms with Crippen LogP contribution in [0.5, 0.6) is 0 Å². The number of likely N-dealkylation sites (N-methyl/N-ethyl adjacent to an activating group) is 1. The summed E-state index contributed by atoms with van der Waals surface area (Å²) in [6.07, 6.45) is 2.30. The molecule has 0 radical (unpaired) electrons. The number of carbonyl (C=O) groups is 1. The van der Waals surface area contributed by atoms with E-state index in [-0.39, 0.29) is 12.5 Å². The monoisotopic (exact) mass is 158 g/mol. The maximum atomic E-state index is 11.2. The highest BCUT2D eigenvalue weighted by Crippen LogP contribution is 2.24. The molecule has 0 aromatic carbocycles. The molecule has 0 heterocycles. The molecule has 0 spiro atoms. The molecular formula is C7H14N2O2. The molecule has 0 bridgehead atoms. The highest BCUT2D eigenvalue weighted by Gasteiger charge is 2.28. The van der Waals surface area contributed by atoms with E-state index in [1.807, 2.05) is 7.05 Å². The van der Waals surface area contributed by atoms with Crippen molar-refractivity contribution in [3.8, 4) is 0 Å². The molecule has 0 atom stereocenters. The molecule has 0 saturated heterocycles. The van der Waals surface area contributed by atoms with Crippen molar-refractivity contribution < 1.29 is 9.63 Å². The molecule has 1 aliphatic rings. The summed E-state index contributed by atoms with van der Waals surface area (Å²) in [5, 5.41) is 0. The van der Waals surface area contributed by atoms with Crippen molar-refractivity contribution in [1.29, 1.82) is 0 Å². The summed E-state index contributed by atoms with van der Waals surface area (Å²) in [7, 11) is 3.34. The molecule has 64 valence electrons. The van der Waals surface area contributed by atoms with Crippen LogP contribution in [0.3, 0.4) is 0 Å². The first kappa shape index (κ1) is 8.49. The number of hydrogen-bond acceptors (Lipinski definition) is 3. The van der Waals surface area contributed by atoms with E-state index in [0.717, 1.165) is 12.8 Å². The van der Waals surface area contributed by atoms with E-state index in [4.69, 9.17) is 0 Å². The Kier molecular flexibility index (Phi) is 2.84. The van der Waals surface area contributed by atoms with Crippen molar-refractivity contribution >= 4 is 5.91 Å². The summed E-state index contributed by atoms with van der Waals surface area (Å²) in [6.45, 7) is 0.267. The summed E-state index contributed by atoms with van der Waals surface area (Å²) < 4.78 is 0. The van der Waals surface area contributed by atoms with Gasteiger partial charge in [-0.2, -0.15) is 5.48 Å². The van der Waals surface area contributed by atoms with Crippen LogP contribution in [0.15, 0.2) is 0 Å². The van der Waals surface area contributed by atoms with Crippen molar-refractivity contribution in [2.75, 3.05) is 20.7 Å². The molecule has 0 aromatic rings. The Morgan fingerprint density at radius 1 is 1.73 bits per heavy atom. The van der Waals surface area contributed by atoms with Gasteiger partial charge in [-0.3, -0.25) is 4.79 Å². The van der Waals surface area contributed by atoms with Crippen molar-refractivity contribution in [2.45, 2.75) is 18.9 Å². The minimum Gasteiger partial charge on any atom is -0.342 e. The third-order valence-electron chi connectivity index (χ3n) is 1.86. The first-order valence-corrected chi connectivity index (χ1v) is 3.77. The van der Waals surface area contributed by atoms with Gasteiger partial charge >= 0.3 is 0 Å². The van der Waals surface area contributed by atoms with Crippen LogP contribution in [0.25, 0.3) is 0 Å². The van der Waals surface area contributed by atoms with Gasteiger partial charge < -0.3 is 9.74 Å². The standard InChI is InChI=1S/C7H14N2O2/c1-9(6-3-4-6)7(10)5-8-11-2/h6,8H,3-5H2,1-2H3. The fourth-order valence-electron chi connectivity index (χ4n) is 0.924. The van der Waals surface area contributed by atoms with Crippen LogP contribution in [0.2, 0.25) is 0 Å². The molecule has 1 amide bonds. The van der Waals surface area contributed by atoms with Gasteiger partial charge in [0.15, 0.2) is 0 Å². The van der Waals surface area contributed by atoms with Gasteiger partial charge in [-0.05, 0) is 12.8 Å². The van der Waals surface area contributed by atoms with Crippen LogP contribution in [0, 0.1) is 0 Å². The van der Waals surface area contributed by atoms with E-state index in [1.54, 1.807) is 4.90 Å². The Morgan fingerprint density at radius 2 is 2.36 bits per heavy atom. The van der Waals surface area contributed by atoms with Crippen LogP contribution in [-0.2, 0) is 9.63 Å². The molecule has 1 N–H and O–H groups in total. The summed E-state index contributed by atoms with van der Waals surface area (Å²) in [6, 6.07) is 0.487. The quantitative estimate of drug-likeness (QED) is 0.574. The first-order chi connectivity index (χ1) is 5.25. The Labute approximate surface area is 66.5 Å². The maximum absolute atomic E-state index is 11.2. The van der Waals surface area contributed by atoms with E-state index >= 15 is 0 Å². The predicted octanol–water partition coefficient (Wildman–Crippen LogP) is -0.242. The lowest BCUT2D eigenvalue weighted by Crippen LogP contribution is -2.36. The highest BCUT2D eigenvalue weighted by molar-refractivity contribution is 5.78. The molecule has 0 aromatic heterocycles. The zero-order valence-electron chi connectivity index (χ0n) is 6.96. The molecule has 1 aliphatic carbocycles. The van der Waals surface area contributed by atoms with Gasteiger partial charge in [-0.1, -0.05) is 0 Å². The average Bonchev–Trinajstić information content (AvgIpc) is 2.81. The number of hydroxylamine groups is 1. The molecular weight excluding hydrogens is 144 g/mol. The van der Waals surface area contributed by atoms with E-state index in [0.29, 0.717) is 6.04 Å². The van der Waals surface area contributed by atoms with Crippen LogP contribution in [-0.4, -0.2) is 37.6 Å². The van der Waals surface area contributed by atoms with E-state index in [2.05, 4.69) is 10.3 Å². The van der Waals surface area contributed by atoms with Gasteiger partial charge in [0.2, 0.25) is 5.91 Å². The second-order valence-electron chi connectivity index (χ2n) is 2.76. The van der Waals surface area contributed by atoms with Gasteiger partial charge in [0.05, 0.1) is 7.11 Å². The third kappa shape index (κ3) is 2.48. The average molecular weight is 158 g/mol. The molecule has 0 unspecified atom stereocenters. The zero-order valence-corrected chi connectivity index (χ0v) is 6.96. The van der Waals surface area contributed by atoms with Gasteiger partial charge in [0, 0.05) is 13.1 Å². The summed E-state index contributed by atoms with van der Waals surface area (Å²) >= 11 is 0. The van der Waals surface area contributed by atoms with Crippen molar-refractivity contribution in [1.82, 2.24) is 10.4 Å². The topological polar surface area (TPSA) is 41.6 Å². The van der Waals surface area contributed by atoms with Crippen LogP contribution >= 0.6 is 0 Å². The minimum atomic E-state index is 0.0920. The van der Waals surface area contributed by atoms with Gasteiger partial charge in [0.1, 0.15) is 6.54 Å². The summed E-state index contributed by atoms with van der Waals surface area (Å²) in [5.74, 6) is 0.0920. The number of nitrogens with zero attached hydrogens (tertiary/aromatic N) is 1. The Bertz CT molecular complexity index is 145. The molecule has 1 fully saturated rings. The van der Waals surface area contributed by atoms with E-state index < -0.39 is 0 Å². The fraction of sp³-hybridized carbons (Fsp3) is 0.857. The number of hydrogen-bond donors (Lipinski definition) is 1. The number of nitrogens with one attached hydrogen (secondary N) is 1. The van der Waals surface area contributed by atoms with Crippen molar-refractivity contribution in [3.05, 3.63) is 0 Å². The second kappa shape index (κ2) is 3.69. The summed E-state index contributed by atoms with van der Waals surface area (Å²) in [4.78, 5) is 17.5. The number of rotatable bonds is 4. The molecule has 11 heavy (non-hydrogen) atoms. The first-order valence-electron chi connectivity index (χ1n) is 3.77. The molecule has 0 aliphatic heterocycles. The van der Waals surface area contributed by atoms with Gasteiger partial charge in [0.25, 0.3) is 0 Å². The predicted molar refractivity (Wildman–Crippen MR) is 40.8 cm³/mol.